The molecule has 1 heterocycles. The first-order valence-corrected chi connectivity index (χ1v) is 6.84. The number of alkyl halides is 3. The van der Waals surface area contributed by atoms with E-state index in [-0.39, 0.29) is 22.4 Å². The first kappa shape index (κ1) is 15.2. The van der Waals surface area contributed by atoms with Crippen LogP contribution in [-0.2, 0) is 6.18 Å². The molecule has 0 aliphatic heterocycles. The van der Waals surface area contributed by atoms with Crippen LogP contribution in [0, 0.1) is 5.82 Å². The third-order valence-electron chi connectivity index (χ3n) is 3.36. The van der Waals surface area contributed by atoms with E-state index in [4.69, 9.17) is 0 Å². The Hall–Kier alpha value is -2.69. The molecule has 2 aromatic carbocycles. The fourth-order valence-electron chi connectivity index (χ4n) is 2.27. The predicted molar refractivity (Wildman–Crippen MR) is 82.1 cm³/mol. The number of halogens is 4. The average Bonchev–Trinajstić information content (AvgIpc) is 2.52. The molecule has 0 N–H and O–H groups in total. The van der Waals surface area contributed by atoms with Crippen molar-refractivity contribution in [2.45, 2.75) is 6.18 Å². The van der Waals surface area contributed by atoms with Gasteiger partial charge >= 0.3 is 6.18 Å². The van der Waals surface area contributed by atoms with E-state index >= 15 is 0 Å². The van der Waals surface area contributed by atoms with Crippen LogP contribution in [0.5, 0.6) is 0 Å². The van der Waals surface area contributed by atoms with E-state index in [1.54, 1.807) is 24.3 Å². The van der Waals surface area contributed by atoms with Gasteiger partial charge < -0.3 is 0 Å². The maximum absolute atomic E-state index is 13.2. The van der Waals surface area contributed by atoms with Gasteiger partial charge in [0.25, 0.3) is 0 Å². The number of para-hydroxylation sites is 1. The van der Waals surface area contributed by atoms with E-state index in [9.17, 15) is 17.6 Å². The third kappa shape index (κ3) is 3.39. The Bertz CT molecular complexity index is 864. The normalized spacial score (nSPS) is 12.2. The number of rotatable bonds is 2. The van der Waals surface area contributed by atoms with E-state index in [1.165, 1.54) is 36.4 Å². The molecule has 0 saturated heterocycles. The highest BCUT2D eigenvalue weighted by Gasteiger charge is 2.33. The van der Waals surface area contributed by atoms with Crippen LogP contribution >= 0.6 is 0 Å². The molecule has 0 atom stereocenters. The van der Waals surface area contributed by atoms with E-state index < -0.39 is 11.7 Å². The van der Waals surface area contributed by atoms with Gasteiger partial charge in [-0.3, -0.25) is 0 Å². The monoisotopic (exact) mass is 317 g/mol. The standard InChI is InChI=1S/C18H11F4N/c19-13-8-5-12(6-9-13)7-10-14-11-16(18(20,21)22)15-3-1-2-4-17(15)23-14/h1-11H/b10-7+. The van der Waals surface area contributed by atoms with Gasteiger partial charge in [0.15, 0.2) is 0 Å². The summed E-state index contributed by atoms with van der Waals surface area (Å²) in [6, 6.07) is 12.8. The lowest BCUT2D eigenvalue weighted by Crippen LogP contribution is -2.07. The van der Waals surface area contributed by atoms with Crippen molar-refractivity contribution in [2.24, 2.45) is 0 Å². The summed E-state index contributed by atoms with van der Waals surface area (Å²) >= 11 is 0. The third-order valence-corrected chi connectivity index (χ3v) is 3.36. The maximum atomic E-state index is 13.2. The second kappa shape index (κ2) is 5.83. The lowest BCUT2D eigenvalue weighted by atomic mass is 10.1. The zero-order valence-electron chi connectivity index (χ0n) is 11.8. The maximum Gasteiger partial charge on any atom is 0.417 e. The summed E-state index contributed by atoms with van der Waals surface area (Å²) in [5.74, 6) is -0.370. The Morgan fingerprint density at radius 3 is 2.26 bits per heavy atom. The molecule has 3 rings (SSSR count). The molecule has 0 spiro atoms. The van der Waals surface area contributed by atoms with E-state index in [0.29, 0.717) is 5.56 Å². The number of aromatic nitrogens is 1. The molecule has 1 aromatic heterocycles. The molecule has 23 heavy (non-hydrogen) atoms. The van der Waals surface area contributed by atoms with Crippen LogP contribution in [0.3, 0.4) is 0 Å². The van der Waals surface area contributed by atoms with Crippen molar-refractivity contribution in [3.8, 4) is 0 Å². The Balaban J connectivity index is 2.06. The highest BCUT2D eigenvalue weighted by Crippen LogP contribution is 2.35. The van der Waals surface area contributed by atoms with Crippen LogP contribution in [-0.4, -0.2) is 4.98 Å². The average molecular weight is 317 g/mol. The molecule has 0 amide bonds. The summed E-state index contributed by atoms with van der Waals surface area (Å²) in [6.07, 6.45) is -1.38. The molecular formula is C18H11F4N. The summed E-state index contributed by atoms with van der Waals surface area (Å²) in [5.41, 5.74) is 0.429. The first-order chi connectivity index (χ1) is 10.9. The second-order valence-corrected chi connectivity index (χ2v) is 4.99. The predicted octanol–water partition coefficient (Wildman–Crippen LogP) is 5.56. The number of hydrogen-bond acceptors (Lipinski definition) is 1. The van der Waals surface area contributed by atoms with Crippen LogP contribution < -0.4 is 0 Å². The van der Waals surface area contributed by atoms with Crippen LogP contribution in [0.15, 0.2) is 54.6 Å². The SMILES string of the molecule is Fc1ccc(/C=C/c2cc(C(F)(F)F)c3ccccc3n2)cc1. The Kier molecular flexibility index (Phi) is 3.86. The minimum atomic E-state index is -4.46. The fourth-order valence-corrected chi connectivity index (χ4v) is 2.27. The molecule has 5 heteroatoms. The molecule has 116 valence electrons. The number of fused-ring (bicyclic) bond motifs is 1. The van der Waals surface area contributed by atoms with Crippen LogP contribution in [0.2, 0.25) is 0 Å². The number of hydrogen-bond donors (Lipinski definition) is 0. The second-order valence-electron chi connectivity index (χ2n) is 4.99. The minimum Gasteiger partial charge on any atom is -0.248 e. The quantitative estimate of drug-likeness (QED) is 0.564. The summed E-state index contributed by atoms with van der Waals surface area (Å²) in [4.78, 5) is 4.22. The van der Waals surface area contributed by atoms with Gasteiger partial charge in [0.2, 0.25) is 0 Å². The largest absolute Gasteiger partial charge is 0.417 e. The van der Waals surface area contributed by atoms with Crippen molar-refractivity contribution < 1.29 is 17.6 Å². The number of pyridine rings is 1. The summed E-state index contributed by atoms with van der Waals surface area (Å²) in [7, 11) is 0. The van der Waals surface area contributed by atoms with Gasteiger partial charge in [0.05, 0.1) is 16.8 Å². The summed E-state index contributed by atoms with van der Waals surface area (Å²) < 4.78 is 52.5. The van der Waals surface area contributed by atoms with E-state index in [2.05, 4.69) is 4.98 Å². The highest BCUT2D eigenvalue weighted by molar-refractivity contribution is 5.84. The molecule has 0 aliphatic rings. The lowest BCUT2D eigenvalue weighted by molar-refractivity contribution is -0.136. The van der Waals surface area contributed by atoms with Crippen molar-refractivity contribution >= 4 is 23.1 Å². The van der Waals surface area contributed by atoms with Crippen molar-refractivity contribution in [3.05, 3.63) is 77.2 Å². The minimum absolute atomic E-state index is 0.0685. The van der Waals surface area contributed by atoms with Crippen molar-refractivity contribution in [1.29, 1.82) is 0 Å². The molecule has 0 radical (unpaired) electrons. The zero-order chi connectivity index (χ0) is 16.4. The van der Waals surface area contributed by atoms with Crippen molar-refractivity contribution in [1.82, 2.24) is 4.98 Å². The molecule has 1 nitrogen and oxygen atoms in total. The molecule has 0 bridgehead atoms. The van der Waals surface area contributed by atoms with Crippen molar-refractivity contribution in [2.75, 3.05) is 0 Å². The Morgan fingerprint density at radius 1 is 0.870 bits per heavy atom. The topological polar surface area (TPSA) is 12.9 Å². The van der Waals surface area contributed by atoms with Crippen LogP contribution in [0.4, 0.5) is 17.6 Å². The summed E-state index contributed by atoms with van der Waals surface area (Å²) in [6.45, 7) is 0. The zero-order valence-corrected chi connectivity index (χ0v) is 11.8. The van der Waals surface area contributed by atoms with E-state index in [0.717, 1.165) is 6.07 Å². The van der Waals surface area contributed by atoms with Crippen LogP contribution in [0.1, 0.15) is 16.8 Å². The molecule has 0 unspecified atom stereocenters. The van der Waals surface area contributed by atoms with Gasteiger partial charge in [-0.2, -0.15) is 13.2 Å². The van der Waals surface area contributed by atoms with Gasteiger partial charge in [-0.05, 0) is 35.9 Å². The van der Waals surface area contributed by atoms with Gasteiger partial charge in [-0.15, -0.1) is 0 Å². The Morgan fingerprint density at radius 2 is 1.57 bits per heavy atom. The number of benzene rings is 2. The van der Waals surface area contributed by atoms with Gasteiger partial charge in [-0.25, -0.2) is 9.37 Å². The smallest absolute Gasteiger partial charge is 0.248 e. The fraction of sp³-hybridized carbons (Fsp3) is 0.0556. The lowest BCUT2D eigenvalue weighted by Gasteiger charge is -2.11. The molecule has 3 aromatic rings. The molecular weight excluding hydrogens is 306 g/mol. The van der Waals surface area contributed by atoms with Gasteiger partial charge in [0, 0.05) is 5.39 Å². The highest BCUT2D eigenvalue weighted by atomic mass is 19.4. The van der Waals surface area contributed by atoms with Gasteiger partial charge in [-0.1, -0.05) is 36.4 Å². The molecule has 0 saturated carbocycles. The Labute approximate surface area is 129 Å². The first-order valence-electron chi connectivity index (χ1n) is 6.84. The summed E-state index contributed by atoms with van der Waals surface area (Å²) in [5, 5.41) is 0.0685. The van der Waals surface area contributed by atoms with Crippen LogP contribution in [0.25, 0.3) is 23.1 Å². The molecule has 0 aliphatic carbocycles. The van der Waals surface area contributed by atoms with E-state index in [1.807, 2.05) is 0 Å². The number of nitrogens with zero attached hydrogens (tertiary/aromatic N) is 1. The van der Waals surface area contributed by atoms with Crippen molar-refractivity contribution in [3.63, 3.8) is 0 Å². The van der Waals surface area contributed by atoms with Gasteiger partial charge in [0.1, 0.15) is 5.82 Å². The molecule has 0 fully saturated rings.